The molecule has 0 spiro atoms. The molecule has 0 atom stereocenters. The maximum Gasteiger partial charge on any atom is 0.103 e. The van der Waals surface area contributed by atoms with Crippen molar-refractivity contribution < 1.29 is 9.80 Å². The molecule has 1 aromatic rings. The molecule has 2 fully saturated rings. The monoisotopic (exact) mass is 288 g/mol. The van der Waals surface area contributed by atoms with Gasteiger partial charge in [0.15, 0.2) is 0 Å². The van der Waals surface area contributed by atoms with Gasteiger partial charge in [0.2, 0.25) is 0 Å². The van der Waals surface area contributed by atoms with Gasteiger partial charge in [0, 0.05) is 18.4 Å². The Balaban J connectivity index is 1.49. The van der Waals surface area contributed by atoms with Gasteiger partial charge in [-0.2, -0.15) is 0 Å². The van der Waals surface area contributed by atoms with E-state index in [-0.39, 0.29) is 0 Å². The Labute approximate surface area is 130 Å². The minimum absolute atomic E-state index is 0.962. The van der Waals surface area contributed by atoms with E-state index in [2.05, 4.69) is 31.2 Å². The zero-order chi connectivity index (χ0) is 14.5. The number of benzene rings is 1. The van der Waals surface area contributed by atoms with Crippen molar-refractivity contribution in [3.63, 3.8) is 0 Å². The third-order valence-electron chi connectivity index (χ3n) is 5.72. The van der Waals surface area contributed by atoms with Crippen LogP contribution in [0.3, 0.4) is 0 Å². The first-order chi connectivity index (χ1) is 10.3. The van der Waals surface area contributed by atoms with Gasteiger partial charge in [-0.3, -0.25) is 0 Å². The van der Waals surface area contributed by atoms with Crippen LogP contribution in [-0.2, 0) is 6.54 Å². The van der Waals surface area contributed by atoms with Gasteiger partial charge in [0.25, 0.3) is 0 Å². The van der Waals surface area contributed by atoms with Crippen molar-refractivity contribution in [2.45, 2.75) is 58.0 Å². The summed E-state index contributed by atoms with van der Waals surface area (Å²) in [6.07, 6.45) is 8.76. The Morgan fingerprint density at radius 3 is 2.24 bits per heavy atom. The molecular formula is C19H32N2+2. The van der Waals surface area contributed by atoms with E-state index in [0.29, 0.717) is 0 Å². The highest BCUT2D eigenvalue weighted by molar-refractivity contribution is 5.24. The molecule has 2 saturated heterocycles. The van der Waals surface area contributed by atoms with Crippen LogP contribution in [-0.4, -0.2) is 32.2 Å². The Morgan fingerprint density at radius 2 is 1.57 bits per heavy atom. The second-order valence-corrected chi connectivity index (χ2v) is 7.20. The molecule has 0 amide bonds. The number of piperidine rings is 1. The molecule has 3 rings (SSSR count). The highest BCUT2D eigenvalue weighted by Gasteiger charge is 2.30. The predicted molar refractivity (Wildman–Crippen MR) is 87.8 cm³/mol. The highest BCUT2D eigenvalue weighted by atomic mass is 15.2. The first-order valence-corrected chi connectivity index (χ1v) is 9.05. The summed E-state index contributed by atoms with van der Waals surface area (Å²) in [6, 6.07) is 9.87. The van der Waals surface area contributed by atoms with Gasteiger partial charge < -0.3 is 9.80 Å². The van der Waals surface area contributed by atoms with Crippen molar-refractivity contribution in [3.05, 3.63) is 35.4 Å². The fraction of sp³-hybridized carbons (Fsp3) is 0.684. The first-order valence-electron chi connectivity index (χ1n) is 9.05. The van der Waals surface area contributed by atoms with Crippen LogP contribution in [0.2, 0.25) is 0 Å². The molecule has 21 heavy (non-hydrogen) atoms. The van der Waals surface area contributed by atoms with Crippen molar-refractivity contribution in [3.8, 4) is 0 Å². The summed E-state index contributed by atoms with van der Waals surface area (Å²) in [5, 5.41) is 0. The second kappa shape index (κ2) is 7.42. The second-order valence-electron chi connectivity index (χ2n) is 7.20. The van der Waals surface area contributed by atoms with Crippen LogP contribution in [0.25, 0.3) is 0 Å². The Bertz CT molecular complexity index is 427. The average Bonchev–Trinajstić information content (AvgIpc) is 2.80. The lowest BCUT2D eigenvalue weighted by atomic mass is 10.0. The molecule has 116 valence electrons. The quantitative estimate of drug-likeness (QED) is 0.821. The fourth-order valence-corrected chi connectivity index (χ4v) is 4.28. The summed E-state index contributed by atoms with van der Waals surface area (Å²) < 4.78 is 0. The van der Waals surface area contributed by atoms with E-state index in [1.807, 2.05) is 4.90 Å². The third-order valence-corrected chi connectivity index (χ3v) is 5.72. The summed E-state index contributed by atoms with van der Waals surface area (Å²) in [5.74, 6) is 0. The van der Waals surface area contributed by atoms with Crippen LogP contribution < -0.4 is 9.80 Å². The summed E-state index contributed by atoms with van der Waals surface area (Å²) in [4.78, 5) is 3.73. The van der Waals surface area contributed by atoms with E-state index >= 15 is 0 Å². The van der Waals surface area contributed by atoms with Crippen molar-refractivity contribution >= 4 is 0 Å². The van der Waals surface area contributed by atoms with Gasteiger partial charge in [-0.1, -0.05) is 24.3 Å². The molecular weight excluding hydrogens is 256 g/mol. The maximum absolute atomic E-state index is 2.31. The SMILES string of the molecule is Cc1ccccc1C[NH+]1CCC([NH+]2CCCCCC2)CC1. The van der Waals surface area contributed by atoms with Gasteiger partial charge in [-0.05, 0) is 38.2 Å². The number of hydrogen-bond acceptors (Lipinski definition) is 0. The summed E-state index contributed by atoms with van der Waals surface area (Å²) in [7, 11) is 0. The Morgan fingerprint density at radius 1 is 0.905 bits per heavy atom. The number of nitrogens with one attached hydrogen (secondary N) is 2. The standard InChI is InChI=1S/C19H30N2/c1-17-8-4-5-9-18(17)16-20-14-10-19(11-15-20)21-12-6-2-3-7-13-21/h4-5,8-9,19H,2-3,6-7,10-16H2,1H3/p+2. The minimum atomic E-state index is 0.962. The number of quaternary nitrogens is 2. The van der Waals surface area contributed by atoms with Crippen molar-refractivity contribution in [1.82, 2.24) is 0 Å². The van der Waals surface area contributed by atoms with Gasteiger partial charge in [0.05, 0.1) is 32.2 Å². The van der Waals surface area contributed by atoms with Crippen LogP contribution in [0.15, 0.2) is 24.3 Å². The molecule has 2 aliphatic rings. The van der Waals surface area contributed by atoms with Gasteiger partial charge in [0.1, 0.15) is 6.54 Å². The predicted octanol–water partition coefficient (Wildman–Crippen LogP) is 1.00. The van der Waals surface area contributed by atoms with Crippen molar-refractivity contribution in [2.75, 3.05) is 26.2 Å². The molecule has 2 aliphatic heterocycles. The molecule has 0 aliphatic carbocycles. The number of aryl methyl sites for hydroxylation is 1. The molecule has 2 nitrogen and oxygen atoms in total. The van der Waals surface area contributed by atoms with E-state index in [1.54, 1.807) is 10.5 Å². The highest BCUT2D eigenvalue weighted by Crippen LogP contribution is 2.07. The first kappa shape index (κ1) is 15.1. The lowest BCUT2D eigenvalue weighted by Crippen LogP contribution is -3.20. The summed E-state index contributed by atoms with van der Waals surface area (Å²) in [5.41, 5.74) is 3.01. The van der Waals surface area contributed by atoms with Gasteiger partial charge >= 0.3 is 0 Å². The third kappa shape index (κ3) is 4.08. The average molecular weight is 288 g/mol. The lowest BCUT2D eigenvalue weighted by Gasteiger charge is -2.34. The van der Waals surface area contributed by atoms with Crippen LogP contribution >= 0.6 is 0 Å². The normalized spacial score (nSPS) is 28.2. The van der Waals surface area contributed by atoms with Gasteiger partial charge in [-0.25, -0.2) is 0 Å². The fourth-order valence-electron chi connectivity index (χ4n) is 4.28. The van der Waals surface area contributed by atoms with E-state index in [0.717, 1.165) is 6.04 Å². The van der Waals surface area contributed by atoms with Crippen LogP contribution in [0.1, 0.15) is 49.7 Å². The summed E-state index contributed by atoms with van der Waals surface area (Å²) >= 11 is 0. The lowest BCUT2D eigenvalue weighted by molar-refractivity contribution is -0.963. The molecule has 1 aromatic carbocycles. The van der Waals surface area contributed by atoms with Crippen molar-refractivity contribution in [2.24, 2.45) is 0 Å². The number of hydrogen-bond donors (Lipinski definition) is 2. The Hall–Kier alpha value is -0.860. The topological polar surface area (TPSA) is 8.88 Å². The van der Waals surface area contributed by atoms with Crippen LogP contribution in [0.5, 0.6) is 0 Å². The number of rotatable bonds is 3. The molecule has 0 bridgehead atoms. The summed E-state index contributed by atoms with van der Waals surface area (Å²) in [6.45, 7) is 9.12. The van der Waals surface area contributed by atoms with E-state index in [9.17, 15) is 0 Å². The van der Waals surface area contributed by atoms with Crippen LogP contribution in [0.4, 0.5) is 0 Å². The van der Waals surface area contributed by atoms with Crippen molar-refractivity contribution in [1.29, 1.82) is 0 Å². The zero-order valence-electron chi connectivity index (χ0n) is 13.7. The molecule has 0 unspecified atom stereocenters. The number of likely N-dealkylation sites (tertiary alicyclic amines) is 2. The molecule has 2 heteroatoms. The largest absolute Gasteiger partial charge is 0.332 e. The molecule has 2 N–H and O–H groups in total. The molecule has 0 saturated carbocycles. The zero-order valence-corrected chi connectivity index (χ0v) is 13.7. The molecule has 0 aromatic heterocycles. The van der Waals surface area contributed by atoms with Crippen LogP contribution in [0, 0.1) is 6.92 Å². The van der Waals surface area contributed by atoms with Gasteiger partial charge in [-0.15, -0.1) is 0 Å². The van der Waals surface area contributed by atoms with E-state index in [1.165, 1.54) is 76.8 Å². The molecule has 0 radical (unpaired) electrons. The molecule has 2 heterocycles. The minimum Gasteiger partial charge on any atom is -0.332 e. The maximum atomic E-state index is 2.31. The Kier molecular flexibility index (Phi) is 5.32. The van der Waals surface area contributed by atoms with E-state index in [4.69, 9.17) is 0 Å². The smallest absolute Gasteiger partial charge is 0.103 e. The van der Waals surface area contributed by atoms with E-state index < -0.39 is 0 Å².